The Hall–Kier alpha value is -4.69. The maximum atomic E-state index is 14.1. The highest BCUT2D eigenvalue weighted by Gasteiger charge is 2.34. The van der Waals surface area contributed by atoms with Crippen molar-refractivity contribution in [2.75, 3.05) is 57.7 Å². The van der Waals surface area contributed by atoms with Crippen LogP contribution >= 0.6 is 7.60 Å². The van der Waals surface area contributed by atoms with Gasteiger partial charge in [-0.15, -0.1) is 0 Å². The number of benzene rings is 2. The van der Waals surface area contributed by atoms with E-state index >= 15 is 0 Å². The first-order valence-corrected chi connectivity index (χ1v) is 23.3. The zero-order valence-corrected chi connectivity index (χ0v) is 37.6. The number of hydrogen-bond acceptors (Lipinski definition) is 12. The van der Waals surface area contributed by atoms with Gasteiger partial charge in [0.1, 0.15) is 11.5 Å². The second-order valence-corrected chi connectivity index (χ2v) is 17.0. The van der Waals surface area contributed by atoms with E-state index in [1.165, 1.54) is 6.07 Å². The molecule has 0 bridgehead atoms. The van der Waals surface area contributed by atoms with Gasteiger partial charge in [-0.1, -0.05) is 59.8 Å². The summed E-state index contributed by atoms with van der Waals surface area (Å²) in [5.41, 5.74) is 2.48. The molecule has 16 heteroatoms. The topological polar surface area (TPSA) is 175 Å². The molecule has 2 atom stereocenters. The van der Waals surface area contributed by atoms with Gasteiger partial charge < -0.3 is 43.3 Å². The lowest BCUT2D eigenvalue weighted by Crippen LogP contribution is -2.49. The van der Waals surface area contributed by atoms with E-state index in [9.17, 15) is 23.7 Å². The summed E-state index contributed by atoms with van der Waals surface area (Å²) in [6, 6.07) is 12.8. The van der Waals surface area contributed by atoms with Crippen molar-refractivity contribution in [2.24, 2.45) is 5.92 Å². The van der Waals surface area contributed by atoms with Crippen LogP contribution in [0.25, 0.3) is 11.3 Å². The number of amides is 3. The number of furan rings is 1. The van der Waals surface area contributed by atoms with Crippen molar-refractivity contribution in [1.29, 1.82) is 0 Å². The van der Waals surface area contributed by atoms with E-state index in [1.807, 2.05) is 53.7 Å². The third-order valence-electron chi connectivity index (χ3n) is 10.4. The molecule has 2 heterocycles. The number of hydrogen-bond donors (Lipinski definition) is 2. The number of anilines is 1. The van der Waals surface area contributed by atoms with Crippen LogP contribution in [-0.2, 0) is 32.8 Å². The predicted molar refractivity (Wildman–Crippen MR) is 234 cm³/mol. The second-order valence-electron chi connectivity index (χ2n) is 14.9. The zero-order valence-electron chi connectivity index (χ0n) is 36.7. The Bertz CT molecular complexity index is 1900. The second kappa shape index (κ2) is 25.3. The average molecular weight is 869 g/mol. The number of nitrogens with one attached hydrogen (secondary N) is 2. The largest absolute Gasteiger partial charge is 0.494 e. The van der Waals surface area contributed by atoms with Crippen LogP contribution in [0.4, 0.5) is 5.69 Å². The minimum Gasteiger partial charge on any atom is -0.494 e. The van der Waals surface area contributed by atoms with E-state index in [2.05, 4.69) is 15.5 Å². The molecule has 0 radical (unpaired) electrons. The fourth-order valence-electron chi connectivity index (χ4n) is 6.98. The van der Waals surface area contributed by atoms with Gasteiger partial charge in [0.05, 0.1) is 62.5 Å². The molecule has 2 aromatic carbocycles. The van der Waals surface area contributed by atoms with Crippen molar-refractivity contribution in [3.8, 4) is 17.1 Å². The summed E-state index contributed by atoms with van der Waals surface area (Å²) in [6.45, 7) is 15.0. The molecule has 1 aliphatic rings. The number of nitrogens with zero attached hydrogens (tertiary/aromatic N) is 2. The molecule has 1 saturated heterocycles. The summed E-state index contributed by atoms with van der Waals surface area (Å²) in [7, 11) is -3.72. The number of rotatable bonds is 27. The number of carbonyl (C=O) groups is 4. The molecular formula is C45H65N4O11P. The van der Waals surface area contributed by atoms with E-state index in [-0.39, 0.29) is 25.6 Å². The number of morpholine rings is 1. The van der Waals surface area contributed by atoms with Gasteiger partial charge >= 0.3 is 13.6 Å². The lowest BCUT2D eigenvalue weighted by molar-refractivity contribution is -0.171. The summed E-state index contributed by atoms with van der Waals surface area (Å²) < 4.78 is 43.1. The molecule has 1 aliphatic heterocycles. The highest BCUT2D eigenvalue weighted by atomic mass is 31.2. The summed E-state index contributed by atoms with van der Waals surface area (Å²) >= 11 is 0. The third-order valence-corrected chi connectivity index (χ3v) is 12.4. The molecule has 3 aromatic rings. The van der Waals surface area contributed by atoms with Crippen molar-refractivity contribution >= 4 is 42.8 Å². The Morgan fingerprint density at radius 2 is 1.59 bits per heavy atom. The fourth-order valence-corrected chi connectivity index (χ4v) is 8.68. The monoisotopic (exact) mass is 868 g/mol. The van der Waals surface area contributed by atoms with Crippen LogP contribution < -0.4 is 25.6 Å². The van der Waals surface area contributed by atoms with Crippen molar-refractivity contribution in [3.05, 3.63) is 65.4 Å². The lowest BCUT2D eigenvalue weighted by Gasteiger charge is -2.32. The van der Waals surface area contributed by atoms with Crippen molar-refractivity contribution in [3.63, 3.8) is 0 Å². The van der Waals surface area contributed by atoms with E-state index in [0.29, 0.717) is 91.8 Å². The van der Waals surface area contributed by atoms with E-state index in [0.717, 1.165) is 49.5 Å². The molecule has 0 aliphatic carbocycles. The van der Waals surface area contributed by atoms with Crippen LogP contribution in [0.3, 0.4) is 0 Å². The van der Waals surface area contributed by atoms with Gasteiger partial charge in [-0.2, -0.15) is 5.06 Å². The highest BCUT2D eigenvalue weighted by Crippen LogP contribution is 2.49. The van der Waals surface area contributed by atoms with Crippen LogP contribution in [-0.4, -0.2) is 88.1 Å². The normalized spacial score (nSPS) is 13.9. The van der Waals surface area contributed by atoms with Crippen LogP contribution in [0, 0.1) is 12.8 Å². The van der Waals surface area contributed by atoms with Gasteiger partial charge in [0, 0.05) is 24.3 Å². The van der Waals surface area contributed by atoms with Crippen LogP contribution in [0.2, 0.25) is 0 Å². The fraction of sp³-hybridized carbons (Fsp3) is 0.556. The lowest BCUT2D eigenvalue weighted by atomic mass is 9.90. The molecular weight excluding hydrogens is 803 g/mol. The minimum absolute atomic E-state index is 0.0209. The molecule has 3 amide bonds. The molecule has 0 unspecified atom stereocenters. The first kappa shape index (κ1) is 49.0. The molecule has 1 fully saturated rings. The zero-order chi connectivity index (χ0) is 44.2. The maximum absolute atomic E-state index is 14.1. The van der Waals surface area contributed by atoms with E-state index < -0.39 is 37.3 Å². The summed E-state index contributed by atoms with van der Waals surface area (Å²) in [4.78, 5) is 60.8. The van der Waals surface area contributed by atoms with Crippen LogP contribution in [0.1, 0.15) is 119 Å². The van der Waals surface area contributed by atoms with Crippen LogP contribution in [0.15, 0.2) is 52.9 Å². The summed E-state index contributed by atoms with van der Waals surface area (Å²) in [5.74, 6) is -1.71. The molecule has 0 saturated carbocycles. The molecule has 1 aromatic heterocycles. The van der Waals surface area contributed by atoms with Crippen molar-refractivity contribution < 1.29 is 51.5 Å². The molecule has 2 N–H and O–H groups in total. The Morgan fingerprint density at radius 1 is 0.885 bits per heavy atom. The number of ether oxygens (including phenoxy) is 2. The van der Waals surface area contributed by atoms with E-state index in [4.69, 9.17) is 27.8 Å². The number of aryl methyl sites for hydroxylation is 1. The first-order chi connectivity index (χ1) is 29.5. The predicted octanol–water partition coefficient (Wildman–Crippen LogP) is 7.95. The van der Waals surface area contributed by atoms with Crippen LogP contribution in [0.5, 0.6) is 5.75 Å². The smallest absolute Gasteiger partial charge is 0.363 e. The van der Waals surface area contributed by atoms with Gasteiger partial charge in [-0.3, -0.25) is 18.9 Å². The van der Waals surface area contributed by atoms with Gasteiger partial charge in [0.25, 0.3) is 5.91 Å². The molecule has 0 spiro atoms. The van der Waals surface area contributed by atoms with E-state index in [1.54, 1.807) is 30.3 Å². The maximum Gasteiger partial charge on any atom is 0.363 e. The third kappa shape index (κ3) is 14.2. The minimum atomic E-state index is -3.72. The Balaban J connectivity index is 1.44. The molecule has 4 rings (SSSR count). The molecule has 15 nitrogen and oxygen atoms in total. The number of unbranched alkanes of at least 4 members (excludes halogenated alkanes) is 4. The highest BCUT2D eigenvalue weighted by molar-refractivity contribution is 7.62. The quantitative estimate of drug-likeness (QED) is 0.0249. The number of carbonyl (C=O) groups excluding carboxylic acids is 4. The Morgan fingerprint density at radius 3 is 2.21 bits per heavy atom. The average Bonchev–Trinajstić information content (AvgIpc) is 3.77. The molecule has 61 heavy (non-hydrogen) atoms. The Labute approximate surface area is 360 Å². The van der Waals surface area contributed by atoms with Crippen molar-refractivity contribution in [1.82, 2.24) is 15.7 Å². The molecule has 336 valence electrons. The Kier molecular flexibility index (Phi) is 20.3. The van der Waals surface area contributed by atoms with Gasteiger partial charge in [-0.25, -0.2) is 4.79 Å². The van der Waals surface area contributed by atoms with Gasteiger partial charge in [0.15, 0.2) is 5.76 Å². The first-order valence-electron chi connectivity index (χ1n) is 21.7. The van der Waals surface area contributed by atoms with Crippen molar-refractivity contribution in [2.45, 2.75) is 105 Å². The van der Waals surface area contributed by atoms with Gasteiger partial charge in [-0.05, 0) is 93.6 Å². The van der Waals surface area contributed by atoms with Gasteiger partial charge in [0.2, 0.25) is 12.3 Å². The SMILES string of the molecule is CCCCC[C@@H](C(=O)NCNC(=O)c1ccc(-c2cc(OCC)cc(P(=O)(OCCCC)OCCCC)c2)o1)[C@@H](CC)N(C=O)OC(=O)c1ccc(N2CCOCC2)cc1C. The number of hydroxylamine groups is 2. The summed E-state index contributed by atoms with van der Waals surface area (Å²) in [6.07, 6.45) is 6.81. The summed E-state index contributed by atoms with van der Waals surface area (Å²) in [5, 5.41) is 6.71. The standard InChI is InChI=1S/C45H65N4O11P/c1-7-12-15-16-39(40(10-4)49(32-50)60-45(53)38-18-17-35(27-33(38)6)48-21-25-55-26-22-48)43(51)46-31-47-44(52)42-20-19-41(59-42)34-28-36(56-11-5)30-37(29-34)61(54,57-23-13-8-2)58-24-14-9-3/h17-20,27-30,32,39-40H,7-16,21-26,31H2,1-6H3,(H,46,51)(H,47,52)/t39-,40-/m1/s1.